The minimum absolute atomic E-state index is 0.327. The molecular formula is C14H15BrN4S2. The van der Waals surface area contributed by atoms with E-state index in [0.29, 0.717) is 5.95 Å². The molecule has 3 aromatic heterocycles. The maximum absolute atomic E-state index is 5.80. The van der Waals surface area contributed by atoms with Crippen LogP contribution in [0.1, 0.15) is 16.7 Å². The molecular weight excluding hydrogens is 368 g/mol. The highest BCUT2D eigenvalue weighted by Crippen LogP contribution is 2.30. The van der Waals surface area contributed by atoms with E-state index < -0.39 is 0 Å². The van der Waals surface area contributed by atoms with E-state index in [2.05, 4.69) is 56.3 Å². The Morgan fingerprint density at radius 3 is 2.81 bits per heavy atom. The third kappa shape index (κ3) is 3.36. The van der Waals surface area contributed by atoms with E-state index in [1.807, 2.05) is 0 Å². The Morgan fingerprint density at radius 2 is 2.10 bits per heavy atom. The van der Waals surface area contributed by atoms with Gasteiger partial charge < -0.3 is 11.1 Å². The van der Waals surface area contributed by atoms with Crippen LogP contribution in [-0.2, 0) is 12.8 Å². The van der Waals surface area contributed by atoms with Crippen molar-refractivity contribution in [2.45, 2.75) is 19.8 Å². The monoisotopic (exact) mass is 382 g/mol. The number of hydrogen-bond donors (Lipinski definition) is 2. The molecule has 0 radical (unpaired) electrons. The van der Waals surface area contributed by atoms with E-state index in [0.717, 1.165) is 39.2 Å². The van der Waals surface area contributed by atoms with Gasteiger partial charge in [0, 0.05) is 16.3 Å². The zero-order valence-corrected chi connectivity index (χ0v) is 14.7. The highest BCUT2D eigenvalue weighted by molar-refractivity contribution is 9.11. The number of nitrogen functional groups attached to an aromatic ring is 1. The summed E-state index contributed by atoms with van der Waals surface area (Å²) in [5, 5.41) is 4.46. The van der Waals surface area contributed by atoms with Gasteiger partial charge in [0.15, 0.2) is 0 Å². The molecule has 110 valence electrons. The maximum Gasteiger partial charge on any atom is 0.223 e. The number of aromatic nitrogens is 2. The average Bonchev–Trinajstić information content (AvgIpc) is 3.04. The third-order valence-corrected chi connectivity index (χ3v) is 5.96. The van der Waals surface area contributed by atoms with Crippen LogP contribution in [0, 0.1) is 0 Å². The Balaban J connectivity index is 1.77. The zero-order valence-electron chi connectivity index (χ0n) is 11.5. The first-order valence-electron chi connectivity index (χ1n) is 6.69. The van der Waals surface area contributed by atoms with Crippen LogP contribution in [0.5, 0.6) is 0 Å². The van der Waals surface area contributed by atoms with Gasteiger partial charge in [0.25, 0.3) is 0 Å². The quantitative estimate of drug-likeness (QED) is 0.689. The summed E-state index contributed by atoms with van der Waals surface area (Å²) in [6.07, 6.45) is 1.97. The largest absolute Gasteiger partial charge is 0.369 e. The fourth-order valence-corrected chi connectivity index (χ4v) is 4.54. The number of anilines is 2. The van der Waals surface area contributed by atoms with Gasteiger partial charge in [-0.25, -0.2) is 4.98 Å². The van der Waals surface area contributed by atoms with Gasteiger partial charge in [0.1, 0.15) is 10.6 Å². The lowest BCUT2D eigenvalue weighted by Crippen LogP contribution is -2.07. The van der Waals surface area contributed by atoms with Crippen molar-refractivity contribution in [2.24, 2.45) is 0 Å². The van der Waals surface area contributed by atoms with Crippen molar-refractivity contribution in [1.82, 2.24) is 9.97 Å². The molecule has 0 saturated carbocycles. The summed E-state index contributed by atoms with van der Waals surface area (Å²) in [4.78, 5) is 12.3. The smallest absolute Gasteiger partial charge is 0.223 e. The van der Waals surface area contributed by atoms with E-state index in [9.17, 15) is 0 Å². The summed E-state index contributed by atoms with van der Waals surface area (Å²) in [6, 6.07) is 6.37. The summed E-state index contributed by atoms with van der Waals surface area (Å²) in [6.45, 7) is 2.97. The van der Waals surface area contributed by atoms with E-state index in [-0.39, 0.29) is 0 Å². The molecule has 4 nitrogen and oxygen atoms in total. The van der Waals surface area contributed by atoms with Crippen LogP contribution in [0.4, 0.5) is 11.8 Å². The predicted octanol–water partition coefficient (Wildman–Crippen LogP) is 4.31. The molecule has 0 aliphatic rings. The Kier molecular flexibility index (Phi) is 4.42. The number of nitrogens with two attached hydrogens (primary N) is 1. The molecule has 3 heterocycles. The van der Waals surface area contributed by atoms with Gasteiger partial charge in [-0.1, -0.05) is 6.92 Å². The lowest BCUT2D eigenvalue weighted by atomic mass is 10.3. The second kappa shape index (κ2) is 6.29. The molecule has 0 bridgehead atoms. The topological polar surface area (TPSA) is 63.8 Å². The molecule has 0 spiro atoms. The number of thiophene rings is 2. The Labute approximate surface area is 139 Å². The average molecular weight is 383 g/mol. The highest BCUT2D eigenvalue weighted by Gasteiger charge is 2.10. The Bertz CT molecular complexity index is 766. The van der Waals surface area contributed by atoms with Crippen molar-refractivity contribution in [2.75, 3.05) is 17.6 Å². The number of hydrogen-bond acceptors (Lipinski definition) is 6. The summed E-state index contributed by atoms with van der Waals surface area (Å²) in [7, 11) is 0. The Morgan fingerprint density at radius 1 is 1.24 bits per heavy atom. The van der Waals surface area contributed by atoms with Gasteiger partial charge in [0.2, 0.25) is 5.95 Å². The summed E-state index contributed by atoms with van der Waals surface area (Å²) < 4.78 is 1.16. The van der Waals surface area contributed by atoms with Crippen molar-refractivity contribution in [3.05, 3.63) is 31.7 Å². The second-order valence-corrected chi connectivity index (χ2v) is 8.26. The van der Waals surface area contributed by atoms with Crippen molar-refractivity contribution < 1.29 is 0 Å². The highest BCUT2D eigenvalue weighted by atomic mass is 79.9. The molecule has 7 heteroatoms. The van der Waals surface area contributed by atoms with Crippen LogP contribution in [0.15, 0.2) is 22.0 Å². The normalized spacial score (nSPS) is 11.1. The lowest BCUT2D eigenvalue weighted by molar-refractivity contribution is 1.03. The second-order valence-electron chi connectivity index (χ2n) is 4.60. The van der Waals surface area contributed by atoms with Gasteiger partial charge in [-0.05, 0) is 47.0 Å². The van der Waals surface area contributed by atoms with Crippen LogP contribution in [0.2, 0.25) is 0 Å². The van der Waals surface area contributed by atoms with E-state index in [1.54, 1.807) is 22.7 Å². The predicted molar refractivity (Wildman–Crippen MR) is 95.4 cm³/mol. The number of fused-ring (bicyclic) bond motifs is 1. The number of nitrogens with zero attached hydrogens (tertiary/aromatic N) is 2. The van der Waals surface area contributed by atoms with Crippen LogP contribution in [-0.4, -0.2) is 16.5 Å². The van der Waals surface area contributed by atoms with Crippen LogP contribution >= 0.6 is 38.6 Å². The molecule has 3 rings (SSSR count). The molecule has 0 fully saturated rings. The van der Waals surface area contributed by atoms with E-state index in [4.69, 9.17) is 5.73 Å². The van der Waals surface area contributed by atoms with Gasteiger partial charge in [-0.3, -0.25) is 0 Å². The van der Waals surface area contributed by atoms with Crippen molar-refractivity contribution in [1.29, 1.82) is 0 Å². The lowest BCUT2D eigenvalue weighted by Gasteiger charge is -2.06. The number of nitrogens with one attached hydrogen (secondary N) is 1. The first kappa shape index (κ1) is 14.7. The number of halogens is 1. The molecule has 21 heavy (non-hydrogen) atoms. The molecule has 0 atom stereocenters. The van der Waals surface area contributed by atoms with Crippen LogP contribution < -0.4 is 11.1 Å². The summed E-state index contributed by atoms with van der Waals surface area (Å²) in [5.41, 5.74) is 5.80. The maximum atomic E-state index is 5.80. The standard InChI is InChI=1S/C14H15BrN4S2/c1-2-8-7-10-12(18-14(16)19-13(10)21-8)17-6-5-9-3-4-11(15)20-9/h3-4,7H,2,5-6H2,1H3,(H3,16,17,18,19). The zero-order chi connectivity index (χ0) is 14.8. The fraction of sp³-hybridized carbons (Fsp3) is 0.286. The minimum atomic E-state index is 0.327. The first-order chi connectivity index (χ1) is 10.2. The minimum Gasteiger partial charge on any atom is -0.369 e. The Hall–Kier alpha value is -1.18. The van der Waals surface area contributed by atoms with Crippen LogP contribution in [0.25, 0.3) is 10.2 Å². The van der Waals surface area contributed by atoms with Gasteiger partial charge in [-0.15, -0.1) is 22.7 Å². The molecule has 0 amide bonds. The van der Waals surface area contributed by atoms with Gasteiger partial charge >= 0.3 is 0 Å². The molecule has 3 aromatic rings. The molecule has 3 N–H and O–H groups in total. The van der Waals surface area contributed by atoms with Crippen molar-refractivity contribution in [3.8, 4) is 0 Å². The van der Waals surface area contributed by atoms with Gasteiger partial charge in [0.05, 0.1) is 9.17 Å². The summed E-state index contributed by atoms with van der Waals surface area (Å²) >= 11 is 6.93. The third-order valence-electron chi connectivity index (χ3n) is 3.10. The molecule has 0 aromatic carbocycles. The molecule has 0 aliphatic carbocycles. The number of aryl methyl sites for hydroxylation is 1. The van der Waals surface area contributed by atoms with Gasteiger partial charge in [-0.2, -0.15) is 4.98 Å². The first-order valence-corrected chi connectivity index (χ1v) is 9.12. The van der Waals surface area contributed by atoms with Crippen LogP contribution in [0.3, 0.4) is 0 Å². The molecule has 0 aliphatic heterocycles. The number of rotatable bonds is 5. The van der Waals surface area contributed by atoms with E-state index in [1.165, 1.54) is 9.75 Å². The summed E-state index contributed by atoms with van der Waals surface area (Å²) in [5.74, 6) is 1.16. The fourth-order valence-electron chi connectivity index (χ4n) is 2.09. The SMILES string of the molecule is CCc1cc2c(NCCc3ccc(Br)s3)nc(N)nc2s1. The molecule has 0 saturated heterocycles. The van der Waals surface area contributed by atoms with E-state index >= 15 is 0 Å². The molecule has 0 unspecified atom stereocenters. The van der Waals surface area contributed by atoms with Crippen molar-refractivity contribution >= 4 is 60.6 Å². The van der Waals surface area contributed by atoms with Crippen molar-refractivity contribution in [3.63, 3.8) is 0 Å².